The summed E-state index contributed by atoms with van der Waals surface area (Å²) in [6, 6.07) is -2.80. The number of H-pyrrole nitrogens is 1. The fourth-order valence-electron chi connectivity index (χ4n) is 2.12. The number of unbranched alkanes of at least 4 members (excludes halogenated alkanes) is 1. The van der Waals surface area contributed by atoms with Crippen LogP contribution in [-0.2, 0) is 20.8 Å². The quantitative estimate of drug-likeness (QED) is 0.261. The van der Waals surface area contributed by atoms with Gasteiger partial charge in [0.2, 0.25) is 11.8 Å². The first-order chi connectivity index (χ1) is 11.8. The van der Waals surface area contributed by atoms with E-state index >= 15 is 0 Å². The van der Waals surface area contributed by atoms with Crippen LogP contribution in [-0.4, -0.2) is 57.5 Å². The van der Waals surface area contributed by atoms with Crippen LogP contribution in [0.1, 0.15) is 31.9 Å². The van der Waals surface area contributed by atoms with Crippen LogP contribution in [0.2, 0.25) is 0 Å². The summed E-state index contributed by atoms with van der Waals surface area (Å²) in [5.74, 6) is -2.25. The van der Waals surface area contributed by atoms with Gasteiger partial charge >= 0.3 is 5.97 Å². The second-order valence-corrected chi connectivity index (χ2v) is 5.80. The number of carbonyl (C=O) groups is 3. The molecule has 2 amide bonds. The third kappa shape index (κ3) is 7.31. The molecule has 10 nitrogen and oxygen atoms in total. The highest BCUT2D eigenvalue weighted by Gasteiger charge is 2.26. The second-order valence-electron chi connectivity index (χ2n) is 5.80. The van der Waals surface area contributed by atoms with Gasteiger partial charge in [0, 0.05) is 18.3 Å². The van der Waals surface area contributed by atoms with Gasteiger partial charge in [-0.3, -0.25) is 14.4 Å². The van der Waals surface area contributed by atoms with E-state index in [9.17, 15) is 14.4 Å². The summed E-state index contributed by atoms with van der Waals surface area (Å²) in [5.41, 5.74) is 11.9. The van der Waals surface area contributed by atoms with Gasteiger partial charge in [-0.1, -0.05) is 6.42 Å². The van der Waals surface area contributed by atoms with E-state index in [4.69, 9.17) is 16.6 Å². The Kier molecular flexibility index (Phi) is 8.57. The molecule has 1 heterocycles. The number of nitrogens with one attached hydrogen (secondary N) is 3. The normalized spacial score (nSPS) is 14.4. The molecule has 0 fully saturated rings. The average molecular weight is 354 g/mol. The SMILES string of the molecule is C[C@H](NC(=O)[C@H](Cc1cnc[nH]1)NC(=O)[C@@H](N)CCCCN)C(=O)O. The maximum Gasteiger partial charge on any atom is 0.325 e. The molecule has 0 aliphatic carbocycles. The van der Waals surface area contributed by atoms with Crippen molar-refractivity contribution in [3.8, 4) is 0 Å². The molecule has 0 saturated carbocycles. The van der Waals surface area contributed by atoms with Crippen LogP contribution in [0.4, 0.5) is 0 Å². The zero-order valence-corrected chi connectivity index (χ0v) is 14.2. The third-order valence-electron chi connectivity index (χ3n) is 3.65. The lowest BCUT2D eigenvalue weighted by atomic mass is 10.1. The number of aliphatic carboxylic acids is 1. The van der Waals surface area contributed by atoms with E-state index in [2.05, 4.69) is 20.6 Å². The highest BCUT2D eigenvalue weighted by Crippen LogP contribution is 2.03. The highest BCUT2D eigenvalue weighted by molar-refractivity contribution is 5.91. The number of nitrogens with two attached hydrogens (primary N) is 2. The standard InChI is InChI=1S/C15H26N6O4/c1-9(15(24)25)20-14(23)12(6-10-7-18-8-19-10)21-13(22)11(17)4-2-3-5-16/h7-9,11-12H,2-6,16-17H2,1H3,(H,18,19)(H,20,23)(H,21,22)(H,24,25)/t9-,11-,12-/m0/s1. The molecule has 1 aromatic heterocycles. The van der Waals surface area contributed by atoms with Crippen molar-refractivity contribution in [3.63, 3.8) is 0 Å². The van der Waals surface area contributed by atoms with Gasteiger partial charge in [0.05, 0.1) is 12.4 Å². The number of carbonyl (C=O) groups excluding carboxylic acids is 2. The first kappa shape index (κ1) is 20.6. The molecule has 0 spiro atoms. The van der Waals surface area contributed by atoms with E-state index in [0.29, 0.717) is 25.1 Å². The van der Waals surface area contributed by atoms with Gasteiger partial charge < -0.3 is 32.2 Å². The number of hydrogen-bond donors (Lipinski definition) is 6. The molecule has 0 bridgehead atoms. The molecular formula is C15H26N6O4. The number of amides is 2. The number of carboxylic acid groups (broad SMARTS) is 1. The Bertz CT molecular complexity index is 562. The average Bonchev–Trinajstić information content (AvgIpc) is 3.07. The number of imidazole rings is 1. The summed E-state index contributed by atoms with van der Waals surface area (Å²) < 4.78 is 0. The van der Waals surface area contributed by atoms with Crippen molar-refractivity contribution in [2.75, 3.05) is 6.54 Å². The monoisotopic (exact) mass is 354 g/mol. The molecule has 25 heavy (non-hydrogen) atoms. The van der Waals surface area contributed by atoms with Crippen LogP contribution < -0.4 is 22.1 Å². The maximum absolute atomic E-state index is 12.3. The van der Waals surface area contributed by atoms with Crippen LogP contribution >= 0.6 is 0 Å². The van der Waals surface area contributed by atoms with E-state index < -0.39 is 35.9 Å². The van der Waals surface area contributed by atoms with Crippen molar-refractivity contribution in [3.05, 3.63) is 18.2 Å². The molecule has 10 heteroatoms. The molecule has 1 rings (SSSR count). The topological polar surface area (TPSA) is 176 Å². The molecule has 0 aliphatic rings. The van der Waals surface area contributed by atoms with Gasteiger partial charge in [0.25, 0.3) is 0 Å². The lowest BCUT2D eigenvalue weighted by Gasteiger charge is -2.21. The Hall–Kier alpha value is -2.46. The molecule has 1 aromatic rings. The van der Waals surface area contributed by atoms with Crippen LogP contribution in [0.3, 0.4) is 0 Å². The van der Waals surface area contributed by atoms with Crippen molar-refractivity contribution >= 4 is 17.8 Å². The largest absolute Gasteiger partial charge is 0.480 e. The van der Waals surface area contributed by atoms with Gasteiger partial charge in [0.15, 0.2) is 0 Å². The summed E-state index contributed by atoms with van der Waals surface area (Å²) in [6.07, 6.45) is 5.03. The third-order valence-corrected chi connectivity index (χ3v) is 3.65. The molecule has 0 aromatic carbocycles. The summed E-state index contributed by atoms with van der Waals surface area (Å²) in [4.78, 5) is 42.1. The summed E-state index contributed by atoms with van der Waals surface area (Å²) in [7, 11) is 0. The molecule has 0 saturated heterocycles. The zero-order chi connectivity index (χ0) is 18.8. The molecule has 8 N–H and O–H groups in total. The van der Waals surface area contributed by atoms with Crippen LogP contribution in [0, 0.1) is 0 Å². The minimum absolute atomic E-state index is 0.138. The van der Waals surface area contributed by atoms with Crippen molar-refractivity contribution in [2.24, 2.45) is 11.5 Å². The van der Waals surface area contributed by atoms with Crippen molar-refractivity contribution in [2.45, 2.75) is 50.7 Å². The second kappa shape index (κ2) is 10.4. The zero-order valence-electron chi connectivity index (χ0n) is 14.2. The van der Waals surface area contributed by atoms with Gasteiger partial charge in [0.1, 0.15) is 12.1 Å². The molecule has 0 unspecified atom stereocenters. The lowest BCUT2D eigenvalue weighted by molar-refractivity contribution is -0.141. The van der Waals surface area contributed by atoms with E-state index in [0.717, 1.165) is 6.42 Å². The smallest absolute Gasteiger partial charge is 0.325 e. The first-order valence-corrected chi connectivity index (χ1v) is 8.11. The number of aromatic amines is 1. The Morgan fingerprint density at radius 2 is 2.00 bits per heavy atom. The van der Waals surface area contributed by atoms with Crippen molar-refractivity contribution in [1.29, 1.82) is 0 Å². The van der Waals surface area contributed by atoms with Crippen LogP contribution in [0.15, 0.2) is 12.5 Å². The minimum atomic E-state index is -1.17. The Morgan fingerprint density at radius 1 is 1.28 bits per heavy atom. The van der Waals surface area contributed by atoms with Gasteiger partial charge in [-0.2, -0.15) is 0 Å². The summed E-state index contributed by atoms with van der Waals surface area (Å²) >= 11 is 0. The van der Waals surface area contributed by atoms with E-state index in [1.165, 1.54) is 19.4 Å². The van der Waals surface area contributed by atoms with Crippen LogP contribution in [0.25, 0.3) is 0 Å². The Balaban J connectivity index is 2.71. The summed E-state index contributed by atoms with van der Waals surface area (Å²) in [5, 5.41) is 13.8. The molecule has 0 aliphatic heterocycles. The van der Waals surface area contributed by atoms with Gasteiger partial charge in [-0.05, 0) is 26.3 Å². The van der Waals surface area contributed by atoms with Crippen molar-refractivity contribution < 1.29 is 19.5 Å². The molecule has 3 atom stereocenters. The van der Waals surface area contributed by atoms with Crippen molar-refractivity contribution in [1.82, 2.24) is 20.6 Å². The fourth-order valence-corrected chi connectivity index (χ4v) is 2.12. The first-order valence-electron chi connectivity index (χ1n) is 8.11. The van der Waals surface area contributed by atoms with Gasteiger partial charge in [-0.25, -0.2) is 4.98 Å². The number of rotatable bonds is 11. The van der Waals surface area contributed by atoms with Gasteiger partial charge in [-0.15, -0.1) is 0 Å². The highest BCUT2D eigenvalue weighted by atomic mass is 16.4. The van der Waals surface area contributed by atoms with E-state index in [-0.39, 0.29) is 6.42 Å². The fraction of sp³-hybridized carbons (Fsp3) is 0.600. The molecule has 0 radical (unpaired) electrons. The number of nitrogens with zero attached hydrogens (tertiary/aromatic N) is 1. The minimum Gasteiger partial charge on any atom is -0.480 e. The maximum atomic E-state index is 12.3. The van der Waals surface area contributed by atoms with E-state index in [1.54, 1.807) is 0 Å². The number of carboxylic acids is 1. The Labute approximate surface area is 145 Å². The van der Waals surface area contributed by atoms with E-state index in [1.807, 2.05) is 0 Å². The Morgan fingerprint density at radius 3 is 2.56 bits per heavy atom. The molecule has 140 valence electrons. The predicted molar refractivity (Wildman–Crippen MR) is 90.3 cm³/mol. The number of aromatic nitrogens is 2. The number of hydrogen-bond acceptors (Lipinski definition) is 6. The van der Waals surface area contributed by atoms with Crippen LogP contribution in [0.5, 0.6) is 0 Å². The lowest BCUT2D eigenvalue weighted by Crippen LogP contribution is -2.54. The summed E-state index contributed by atoms with van der Waals surface area (Å²) in [6.45, 7) is 1.86. The predicted octanol–water partition coefficient (Wildman–Crippen LogP) is -1.52. The molecular weight excluding hydrogens is 328 g/mol.